The molecule has 0 saturated heterocycles. The van der Waals surface area contributed by atoms with Crippen LogP contribution in [0.5, 0.6) is 0 Å². The third kappa shape index (κ3) is 6.74. The number of carbonyl (C=O) groups is 1. The maximum absolute atomic E-state index is 14.2. The first-order valence-electron chi connectivity index (χ1n) is 10.2. The molecule has 164 valence electrons. The van der Waals surface area contributed by atoms with E-state index in [4.69, 9.17) is 4.74 Å². The Morgan fingerprint density at radius 2 is 1.52 bits per heavy atom. The molecular formula is C23H26BF3N2O2. The summed E-state index contributed by atoms with van der Waals surface area (Å²) in [4.78, 5) is 16.7. The summed E-state index contributed by atoms with van der Waals surface area (Å²) in [6, 6.07) is 17.4. The minimum atomic E-state index is -4.86. The summed E-state index contributed by atoms with van der Waals surface area (Å²) in [7, 11) is 0. The maximum Gasteiger partial charge on any atom is 0.432 e. The molecule has 0 aromatic heterocycles. The average Bonchev–Trinajstić information content (AvgIpc) is 2.75. The van der Waals surface area contributed by atoms with Crippen molar-refractivity contribution in [3.63, 3.8) is 0 Å². The minimum Gasteiger partial charge on any atom is -0.462 e. The molecular weight excluding hydrogens is 404 g/mol. The molecule has 0 spiro atoms. The van der Waals surface area contributed by atoms with Crippen molar-refractivity contribution in [3.05, 3.63) is 71.9 Å². The third-order valence-electron chi connectivity index (χ3n) is 4.49. The Morgan fingerprint density at radius 1 is 1.00 bits per heavy atom. The van der Waals surface area contributed by atoms with Crippen molar-refractivity contribution in [3.8, 4) is 0 Å². The van der Waals surface area contributed by atoms with Crippen molar-refractivity contribution in [2.45, 2.75) is 33.4 Å². The van der Waals surface area contributed by atoms with E-state index in [0.717, 1.165) is 0 Å². The van der Waals surface area contributed by atoms with E-state index in [1.54, 1.807) is 67.6 Å². The van der Waals surface area contributed by atoms with Gasteiger partial charge in [0, 0.05) is 12.2 Å². The molecule has 1 N–H and O–H groups in total. The van der Waals surface area contributed by atoms with Gasteiger partial charge in [-0.05, 0) is 31.2 Å². The van der Waals surface area contributed by atoms with Crippen LogP contribution in [0.3, 0.4) is 0 Å². The van der Waals surface area contributed by atoms with Gasteiger partial charge in [-0.2, -0.15) is 13.2 Å². The lowest BCUT2D eigenvalue weighted by Gasteiger charge is -2.20. The lowest BCUT2D eigenvalue weighted by atomic mass is 9.51. The van der Waals surface area contributed by atoms with Crippen LogP contribution in [-0.4, -0.2) is 37.9 Å². The molecule has 0 atom stereocenters. The van der Waals surface area contributed by atoms with Crippen LogP contribution >= 0.6 is 0 Å². The Balaban J connectivity index is 2.73. The quantitative estimate of drug-likeness (QED) is 0.286. The first-order chi connectivity index (χ1) is 14.8. The standard InChI is InChI=1S/C23H26BF3N2O2/c1-4-16-28-17(3)20(22(30)31-5-2)21(23(25,26)27)29-24(18-12-8-6-9-13-18)19-14-10-7-11-15-19/h6-15,28H,4-5,16H2,1-3H3. The number of hydrogen-bond donors (Lipinski definition) is 1. The number of ether oxygens (including phenoxy) is 1. The zero-order chi connectivity index (χ0) is 22.9. The molecule has 0 bridgehead atoms. The fourth-order valence-corrected chi connectivity index (χ4v) is 3.05. The fraction of sp³-hybridized carbons (Fsp3) is 0.304. The van der Waals surface area contributed by atoms with Crippen molar-refractivity contribution in [2.24, 2.45) is 4.90 Å². The van der Waals surface area contributed by atoms with Gasteiger partial charge < -0.3 is 15.0 Å². The maximum atomic E-state index is 14.2. The summed E-state index contributed by atoms with van der Waals surface area (Å²) in [5, 5.41) is 2.88. The van der Waals surface area contributed by atoms with Gasteiger partial charge in [-0.3, -0.25) is 0 Å². The van der Waals surface area contributed by atoms with Crippen LogP contribution in [0, 0.1) is 0 Å². The van der Waals surface area contributed by atoms with Crippen LogP contribution in [0.25, 0.3) is 0 Å². The number of nitrogens with one attached hydrogen (secondary N) is 1. The number of halogens is 3. The number of esters is 1. The van der Waals surface area contributed by atoms with Crippen molar-refractivity contribution in [1.29, 1.82) is 0 Å². The predicted octanol–water partition coefficient (Wildman–Crippen LogP) is 3.63. The number of carbonyl (C=O) groups excluding carboxylic acids is 1. The molecule has 31 heavy (non-hydrogen) atoms. The topological polar surface area (TPSA) is 50.7 Å². The molecule has 4 nitrogen and oxygen atoms in total. The van der Waals surface area contributed by atoms with Crippen LogP contribution in [0.4, 0.5) is 13.2 Å². The first kappa shape index (κ1) is 24.2. The van der Waals surface area contributed by atoms with E-state index in [-0.39, 0.29) is 12.3 Å². The largest absolute Gasteiger partial charge is 0.462 e. The molecule has 0 fully saturated rings. The van der Waals surface area contributed by atoms with Crippen LogP contribution in [0.1, 0.15) is 27.2 Å². The van der Waals surface area contributed by atoms with E-state index in [0.29, 0.717) is 23.9 Å². The van der Waals surface area contributed by atoms with E-state index in [2.05, 4.69) is 10.2 Å². The van der Waals surface area contributed by atoms with Gasteiger partial charge in [-0.15, -0.1) is 0 Å². The number of benzene rings is 2. The molecule has 2 aromatic carbocycles. The normalized spacial score (nSPS) is 12.8. The van der Waals surface area contributed by atoms with E-state index < -0.39 is 30.3 Å². The van der Waals surface area contributed by atoms with Gasteiger partial charge in [0.1, 0.15) is 11.3 Å². The Hall–Kier alpha value is -3.03. The number of allylic oxidation sites excluding steroid dienone is 1. The van der Waals surface area contributed by atoms with E-state index in [1.165, 1.54) is 6.92 Å². The Bertz CT molecular complexity index is 874. The molecule has 0 aliphatic rings. The van der Waals surface area contributed by atoms with Crippen molar-refractivity contribution >= 4 is 29.5 Å². The highest BCUT2D eigenvalue weighted by atomic mass is 19.4. The van der Waals surface area contributed by atoms with Crippen LogP contribution in [0.2, 0.25) is 0 Å². The van der Waals surface area contributed by atoms with Gasteiger partial charge >= 0.3 is 19.0 Å². The van der Waals surface area contributed by atoms with Crippen molar-refractivity contribution in [2.75, 3.05) is 13.2 Å². The lowest BCUT2D eigenvalue weighted by Crippen LogP contribution is -2.44. The summed E-state index contributed by atoms with van der Waals surface area (Å²) in [5.74, 6) is -1.06. The second kappa shape index (κ2) is 11.4. The second-order valence-electron chi connectivity index (χ2n) is 6.85. The molecule has 0 saturated carbocycles. The number of rotatable bonds is 9. The minimum absolute atomic E-state index is 0.0463. The van der Waals surface area contributed by atoms with Gasteiger partial charge in [-0.1, -0.05) is 67.6 Å². The molecule has 2 rings (SSSR count). The van der Waals surface area contributed by atoms with Gasteiger partial charge in [0.2, 0.25) is 0 Å². The zero-order valence-electron chi connectivity index (χ0n) is 17.9. The van der Waals surface area contributed by atoms with E-state index >= 15 is 0 Å². The zero-order valence-corrected chi connectivity index (χ0v) is 17.9. The Kier molecular flexibility index (Phi) is 8.91. The molecule has 0 amide bonds. The van der Waals surface area contributed by atoms with Crippen LogP contribution in [0.15, 0.2) is 76.8 Å². The highest BCUT2D eigenvalue weighted by Crippen LogP contribution is 2.25. The van der Waals surface area contributed by atoms with Gasteiger partial charge in [0.25, 0.3) is 0 Å². The van der Waals surface area contributed by atoms with E-state index in [9.17, 15) is 18.0 Å². The van der Waals surface area contributed by atoms with Gasteiger partial charge in [0.05, 0.1) is 6.61 Å². The Labute approximate surface area is 181 Å². The van der Waals surface area contributed by atoms with Crippen LogP contribution in [-0.2, 0) is 9.53 Å². The average molecular weight is 430 g/mol. The summed E-state index contributed by atoms with van der Waals surface area (Å²) in [6.07, 6.45) is -4.18. The monoisotopic (exact) mass is 430 g/mol. The number of nitrogens with zero attached hydrogens (tertiary/aromatic N) is 1. The molecule has 0 radical (unpaired) electrons. The van der Waals surface area contributed by atoms with Gasteiger partial charge in [-0.25, -0.2) is 4.79 Å². The predicted molar refractivity (Wildman–Crippen MR) is 119 cm³/mol. The molecule has 0 unspecified atom stereocenters. The summed E-state index contributed by atoms with van der Waals surface area (Å²) >= 11 is 0. The summed E-state index contributed by atoms with van der Waals surface area (Å²) in [5.41, 5.74) is -0.615. The SMILES string of the molecule is CCCNC(C)=C(C(=O)OCC)C(=NB(c1ccccc1)c1ccccc1)C(F)(F)F. The van der Waals surface area contributed by atoms with E-state index in [1.807, 2.05) is 6.92 Å². The molecule has 8 heteroatoms. The smallest absolute Gasteiger partial charge is 0.432 e. The second-order valence-corrected chi connectivity index (χ2v) is 6.85. The Morgan fingerprint density at radius 3 is 1.94 bits per heavy atom. The van der Waals surface area contributed by atoms with Crippen molar-refractivity contribution < 1.29 is 22.7 Å². The summed E-state index contributed by atoms with van der Waals surface area (Å²) in [6.45, 7) is 4.29. The molecule has 2 aromatic rings. The number of hydrogen-bond acceptors (Lipinski definition) is 4. The highest BCUT2D eigenvalue weighted by molar-refractivity contribution is 6.84. The molecule has 0 aliphatic heterocycles. The number of alkyl halides is 3. The molecule has 0 aliphatic carbocycles. The first-order valence-corrected chi connectivity index (χ1v) is 10.2. The lowest BCUT2D eigenvalue weighted by molar-refractivity contribution is -0.138. The highest BCUT2D eigenvalue weighted by Gasteiger charge is 2.43. The fourth-order valence-electron chi connectivity index (χ4n) is 3.05. The summed E-state index contributed by atoms with van der Waals surface area (Å²) < 4.78 is 47.7. The van der Waals surface area contributed by atoms with Gasteiger partial charge in [0.15, 0.2) is 0 Å². The van der Waals surface area contributed by atoms with Crippen LogP contribution < -0.4 is 16.2 Å². The third-order valence-corrected chi connectivity index (χ3v) is 4.49. The molecule has 0 heterocycles. The van der Waals surface area contributed by atoms with Crippen molar-refractivity contribution in [1.82, 2.24) is 5.32 Å².